The van der Waals surface area contributed by atoms with Crippen molar-refractivity contribution in [1.82, 2.24) is 9.88 Å². The van der Waals surface area contributed by atoms with Crippen LogP contribution >= 0.6 is 11.6 Å². The average molecular weight is 265 g/mol. The van der Waals surface area contributed by atoms with Gasteiger partial charge in [-0.2, -0.15) is 0 Å². The number of nitrogens with zero attached hydrogens (tertiary/aromatic N) is 2. The fourth-order valence-electron chi connectivity index (χ4n) is 1.81. The average Bonchev–Trinajstić information content (AvgIpc) is 2.32. The van der Waals surface area contributed by atoms with Crippen molar-refractivity contribution in [3.05, 3.63) is 64.7 Å². The van der Waals surface area contributed by atoms with Gasteiger partial charge in [-0.15, -0.1) is 0 Å². The zero-order valence-electron chi connectivity index (χ0n) is 10.1. The van der Waals surface area contributed by atoms with Crippen LogP contribution in [0.5, 0.6) is 0 Å². The van der Waals surface area contributed by atoms with Gasteiger partial charge in [-0.25, -0.2) is 9.37 Å². The van der Waals surface area contributed by atoms with E-state index in [1.54, 1.807) is 24.4 Å². The monoisotopic (exact) mass is 264 g/mol. The predicted octanol–water partition coefficient (Wildman–Crippen LogP) is 3.51. The Kier molecular flexibility index (Phi) is 4.28. The third kappa shape index (κ3) is 3.79. The number of pyridine rings is 1. The summed E-state index contributed by atoms with van der Waals surface area (Å²) in [5.74, 6) is -0.200. The smallest absolute Gasteiger partial charge is 0.129 e. The van der Waals surface area contributed by atoms with E-state index in [9.17, 15) is 4.39 Å². The molecule has 0 fully saturated rings. The van der Waals surface area contributed by atoms with E-state index in [2.05, 4.69) is 9.88 Å². The highest BCUT2D eigenvalue weighted by molar-refractivity contribution is 6.29. The second-order valence-electron chi connectivity index (χ2n) is 4.29. The van der Waals surface area contributed by atoms with Crippen LogP contribution < -0.4 is 0 Å². The Morgan fingerprint density at radius 3 is 2.61 bits per heavy atom. The molecular formula is C14H14ClFN2. The summed E-state index contributed by atoms with van der Waals surface area (Å²) in [6.07, 6.45) is 1.75. The third-order valence-electron chi connectivity index (χ3n) is 2.58. The molecule has 0 atom stereocenters. The number of aromatic nitrogens is 1. The molecule has 0 aliphatic rings. The van der Waals surface area contributed by atoms with Crippen molar-refractivity contribution in [2.45, 2.75) is 13.1 Å². The molecule has 0 N–H and O–H groups in total. The minimum Gasteiger partial charge on any atom is -0.298 e. The summed E-state index contributed by atoms with van der Waals surface area (Å²) in [4.78, 5) is 6.13. The molecule has 0 radical (unpaired) electrons. The molecule has 2 nitrogen and oxygen atoms in total. The number of hydrogen-bond acceptors (Lipinski definition) is 2. The maximum absolute atomic E-state index is 13.0. The standard InChI is InChI=1S/C14H14ClFN2/c1-18(9-11-3-2-4-13(16)7-11)10-12-5-6-14(15)17-8-12/h2-8H,9-10H2,1H3. The minimum absolute atomic E-state index is 0.200. The second-order valence-corrected chi connectivity index (χ2v) is 4.68. The van der Waals surface area contributed by atoms with Gasteiger partial charge in [-0.3, -0.25) is 4.90 Å². The number of halogens is 2. The van der Waals surface area contributed by atoms with Crippen LogP contribution in [0.1, 0.15) is 11.1 Å². The van der Waals surface area contributed by atoms with Gasteiger partial charge in [0.05, 0.1) is 0 Å². The lowest BCUT2D eigenvalue weighted by atomic mass is 10.2. The first-order valence-corrected chi connectivity index (χ1v) is 6.05. The van der Waals surface area contributed by atoms with Gasteiger partial charge in [0.25, 0.3) is 0 Å². The van der Waals surface area contributed by atoms with Crippen LogP contribution in [0.4, 0.5) is 4.39 Å². The molecule has 0 saturated carbocycles. The van der Waals surface area contributed by atoms with E-state index in [1.807, 2.05) is 19.2 Å². The van der Waals surface area contributed by atoms with Crippen molar-refractivity contribution in [1.29, 1.82) is 0 Å². The van der Waals surface area contributed by atoms with Gasteiger partial charge in [0.15, 0.2) is 0 Å². The Morgan fingerprint density at radius 1 is 1.17 bits per heavy atom. The summed E-state index contributed by atoms with van der Waals surface area (Å²) in [6, 6.07) is 10.4. The topological polar surface area (TPSA) is 16.1 Å². The van der Waals surface area contributed by atoms with E-state index in [0.29, 0.717) is 11.7 Å². The summed E-state index contributed by atoms with van der Waals surface area (Å²) < 4.78 is 13.0. The number of rotatable bonds is 4. The molecule has 1 aromatic carbocycles. The molecule has 18 heavy (non-hydrogen) atoms. The van der Waals surface area contributed by atoms with Gasteiger partial charge >= 0.3 is 0 Å². The molecule has 94 valence electrons. The normalized spacial score (nSPS) is 10.9. The van der Waals surface area contributed by atoms with Crippen LogP contribution in [0, 0.1) is 5.82 Å². The summed E-state index contributed by atoms with van der Waals surface area (Å²) in [5.41, 5.74) is 2.04. The van der Waals surface area contributed by atoms with Crippen LogP contribution in [0.2, 0.25) is 5.15 Å². The second kappa shape index (κ2) is 5.94. The van der Waals surface area contributed by atoms with Crippen molar-refractivity contribution >= 4 is 11.6 Å². The Hall–Kier alpha value is -1.45. The quantitative estimate of drug-likeness (QED) is 0.786. The maximum atomic E-state index is 13.0. The van der Waals surface area contributed by atoms with Gasteiger partial charge in [0.1, 0.15) is 11.0 Å². The lowest BCUT2D eigenvalue weighted by Gasteiger charge is -2.16. The molecule has 2 rings (SSSR count). The summed E-state index contributed by atoms with van der Waals surface area (Å²) >= 11 is 5.73. The van der Waals surface area contributed by atoms with Gasteiger partial charge in [0.2, 0.25) is 0 Å². The molecule has 1 aromatic heterocycles. The van der Waals surface area contributed by atoms with E-state index >= 15 is 0 Å². The highest BCUT2D eigenvalue weighted by Gasteiger charge is 2.03. The summed E-state index contributed by atoms with van der Waals surface area (Å²) in [7, 11) is 1.99. The van der Waals surface area contributed by atoms with Crippen LogP contribution in [0.25, 0.3) is 0 Å². The van der Waals surface area contributed by atoms with E-state index in [0.717, 1.165) is 17.7 Å². The Morgan fingerprint density at radius 2 is 1.94 bits per heavy atom. The van der Waals surface area contributed by atoms with Gasteiger partial charge in [-0.05, 0) is 36.4 Å². The van der Waals surface area contributed by atoms with E-state index in [1.165, 1.54) is 6.07 Å². The van der Waals surface area contributed by atoms with Crippen molar-refractivity contribution in [3.63, 3.8) is 0 Å². The molecule has 0 aliphatic heterocycles. The molecular weight excluding hydrogens is 251 g/mol. The number of hydrogen-bond donors (Lipinski definition) is 0. The Balaban J connectivity index is 1.96. The van der Waals surface area contributed by atoms with Crippen LogP contribution in [0.3, 0.4) is 0 Å². The number of benzene rings is 1. The SMILES string of the molecule is CN(Cc1ccc(Cl)nc1)Cc1cccc(F)c1. The van der Waals surface area contributed by atoms with Crippen molar-refractivity contribution in [2.24, 2.45) is 0 Å². The Bertz CT molecular complexity index is 513. The maximum Gasteiger partial charge on any atom is 0.129 e. The lowest BCUT2D eigenvalue weighted by Crippen LogP contribution is -2.17. The molecule has 0 spiro atoms. The fraction of sp³-hybridized carbons (Fsp3) is 0.214. The van der Waals surface area contributed by atoms with Gasteiger partial charge in [0, 0.05) is 19.3 Å². The van der Waals surface area contributed by atoms with E-state index in [-0.39, 0.29) is 5.82 Å². The predicted molar refractivity (Wildman–Crippen MR) is 70.8 cm³/mol. The zero-order valence-corrected chi connectivity index (χ0v) is 10.9. The molecule has 0 unspecified atom stereocenters. The molecule has 0 saturated heterocycles. The first kappa shape index (κ1) is 13.0. The molecule has 0 amide bonds. The highest BCUT2D eigenvalue weighted by Crippen LogP contribution is 2.10. The lowest BCUT2D eigenvalue weighted by molar-refractivity contribution is 0.318. The minimum atomic E-state index is -0.200. The van der Waals surface area contributed by atoms with Crippen LogP contribution in [-0.4, -0.2) is 16.9 Å². The molecule has 4 heteroatoms. The summed E-state index contributed by atoms with van der Waals surface area (Å²) in [6.45, 7) is 1.45. The van der Waals surface area contributed by atoms with Crippen molar-refractivity contribution < 1.29 is 4.39 Å². The largest absolute Gasteiger partial charge is 0.298 e. The van der Waals surface area contributed by atoms with E-state index in [4.69, 9.17) is 11.6 Å². The van der Waals surface area contributed by atoms with Gasteiger partial charge < -0.3 is 0 Å². The summed E-state index contributed by atoms with van der Waals surface area (Å²) in [5, 5.41) is 0.492. The first-order chi connectivity index (χ1) is 8.63. The highest BCUT2D eigenvalue weighted by atomic mass is 35.5. The van der Waals surface area contributed by atoms with Crippen LogP contribution in [0.15, 0.2) is 42.6 Å². The van der Waals surface area contributed by atoms with Crippen LogP contribution in [-0.2, 0) is 13.1 Å². The van der Waals surface area contributed by atoms with E-state index < -0.39 is 0 Å². The van der Waals surface area contributed by atoms with Crippen molar-refractivity contribution in [2.75, 3.05) is 7.05 Å². The Labute approximate surface area is 111 Å². The molecule has 0 aliphatic carbocycles. The molecule has 1 heterocycles. The third-order valence-corrected chi connectivity index (χ3v) is 2.81. The molecule has 2 aromatic rings. The zero-order chi connectivity index (χ0) is 13.0. The van der Waals surface area contributed by atoms with Crippen molar-refractivity contribution in [3.8, 4) is 0 Å². The first-order valence-electron chi connectivity index (χ1n) is 5.67. The molecule has 0 bridgehead atoms. The fourth-order valence-corrected chi connectivity index (χ4v) is 1.93. The van der Waals surface area contributed by atoms with Gasteiger partial charge in [-0.1, -0.05) is 29.8 Å².